The Balaban J connectivity index is 2.24. The van der Waals surface area contributed by atoms with Crippen LogP contribution in [-0.2, 0) is 11.4 Å². The molecule has 1 aromatic carbocycles. The fourth-order valence-corrected chi connectivity index (χ4v) is 1.47. The zero-order chi connectivity index (χ0) is 15.2. The summed E-state index contributed by atoms with van der Waals surface area (Å²) in [6.45, 7) is -0.108. The molecule has 0 bridgehead atoms. The Bertz CT molecular complexity index is 680. The highest BCUT2D eigenvalue weighted by Gasteiger charge is 2.16. The molecule has 1 heterocycles. The van der Waals surface area contributed by atoms with Crippen molar-refractivity contribution in [3.05, 3.63) is 52.2 Å². The second-order valence-electron chi connectivity index (χ2n) is 3.79. The van der Waals surface area contributed by atoms with E-state index in [9.17, 15) is 14.9 Å². The number of carboxylic acid groups (broad SMARTS) is 1. The Kier molecular flexibility index (Phi) is 4.24. The van der Waals surface area contributed by atoms with Crippen LogP contribution in [0.5, 0.6) is 5.75 Å². The molecule has 0 atom stereocenters. The summed E-state index contributed by atoms with van der Waals surface area (Å²) < 4.78 is 9.80. The number of nitro benzene ring substituents is 1. The van der Waals surface area contributed by atoms with Crippen LogP contribution in [0.25, 0.3) is 6.08 Å². The maximum atomic E-state index is 10.9. The third-order valence-electron chi connectivity index (χ3n) is 2.36. The second kappa shape index (κ2) is 6.28. The van der Waals surface area contributed by atoms with Gasteiger partial charge in [0, 0.05) is 12.1 Å². The molecule has 0 saturated carbocycles. The molecule has 9 nitrogen and oxygen atoms in total. The predicted molar refractivity (Wildman–Crippen MR) is 68.4 cm³/mol. The van der Waals surface area contributed by atoms with E-state index in [-0.39, 0.29) is 23.9 Å². The van der Waals surface area contributed by atoms with E-state index in [0.717, 1.165) is 12.5 Å². The third kappa shape index (κ3) is 3.86. The minimum atomic E-state index is -1.12. The molecule has 1 N–H and O–H groups in total. The fraction of sp³-hybridized carbons (Fsp3) is 0.0833. The van der Waals surface area contributed by atoms with Crippen LogP contribution in [0.3, 0.4) is 0 Å². The van der Waals surface area contributed by atoms with E-state index in [4.69, 9.17) is 9.84 Å². The van der Waals surface area contributed by atoms with Gasteiger partial charge in [0.15, 0.2) is 12.4 Å². The van der Waals surface area contributed by atoms with Gasteiger partial charge in [-0.3, -0.25) is 10.1 Å². The molecule has 0 fully saturated rings. The number of aliphatic carboxylic acids is 1. The Morgan fingerprint density at radius 2 is 2.33 bits per heavy atom. The van der Waals surface area contributed by atoms with Gasteiger partial charge in [0.1, 0.15) is 0 Å². The number of aromatic nitrogens is 2. The maximum Gasteiger partial charge on any atom is 0.328 e. The minimum absolute atomic E-state index is 0.0164. The highest BCUT2D eigenvalue weighted by molar-refractivity contribution is 5.85. The molecule has 0 unspecified atom stereocenters. The van der Waals surface area contributed by atoms with Crippen LogP contribution < -0.4 is 4.74 Å². The van der Waals surface area contributed by atoms with Crippen molar-refractivity contribution in [1.29, 1.82) is 0 Å². The van der Waals surface area contributed by atoms with Crippen LogP contribution in [0.1, 0.15) is 11.4 Å². The summed E-state index contributed by atoms with van der Waals surface area (Å²) in [7, 11) is 0. The number of rotatable bonds is 6. The highest BCUT2D eigenvalue weighted by atomic mass is 16.6. The average molecular weight is 291 g/mol. The normalized spacial score (nSPS) is 10.7. The van der Waals surface area contributed by atoms with Gasteiger partial charge in [-0.1, -0.05) is 5.16 Å². The van der Waals surface area contributed by atoms with Crippen molar-refractivity contribution in [2.45, 2.75) is 6.61 Å². The number of hydrogen-bond acceptors (Lipinski definition) is 7. The number of nitrogens with zero attached hydrogens (tertiary/aromatic N) is 3. The van der Waals surface area contributed by atoms with Gasteiger partial charge in [-0.2, -0.15) is 4.98 Å². The molecule has 0 aliphatic carbocycles. The van der Waals surface area contributed by atoms with Crippen LogP contribution in [-0.4, -0.2) is 26.1 Å². The number of carboxylic acids is 1. The summed E-state index contributed by atoms with van der Waals surface area (Å²) in [4.78, 5) is 24.5. The topological polar surface area (TPSA) is 129 Å². The molecule has 0 radical (unpaired) electrons. The van der Waals surface area contributed by atoms with Gasteiger partial charge in [-0.25, -0.2) is 4.79 Å². The van der Waals surface area contributed by atoms with Crippen LogP contribution >= 0.6 is 0 Å². The zero-order valence-electron chi connectivity index (χ0n) is 10.5. The molecule has 0 spiro atoms. The summed E-state index contributed by atoms with van der Waals surface area (Å²) in [5.74, 6) is -0.907. The maximum absolute atomic E-state index is 10.9. The SMILES string of the molecule is O=C(O)C=Cc1ccc([N+](=O)[O-])c(OCc2ncon2)c1. The number of hydrogen-bond donors (Lipinski definition) is 1. The van der Waals surface area contributed by atoms with Crippen molar-refractivity contribution in [2.24, 2.45) is 0 Å². The lowest BCUT2D eigenvalue weighted by atomic mass is 10.1. The van der Waals surface area contributed by atoms with E-state index >= 15 is 0 Å². The zero-order valence-corrected chi connectivity index (χ0v) is 10.5. The van der Waals surface area contributed by atoms with E-state index in [1.165, 1.54) is 24.3 Å². The van der Waals surface area contributed by atoms with Crippen LogP contribution in [0.2, 0.25) is 0 Å². The van der Waals surface area contributed by atoms with E-state index < -0.39 is 10.9 Å². The van der Waals surface area contributed by atoms with Gasteiger partial charge < -0.3 is 14.4 Å². The molecule has 0 amide bonds. The summed E-state index contributed by atoms with van der Waals surface area (Å²) in [5, 5.41) is 23.0. The number of ether oxygens (including phenoxy) is 1. The number of carbonyl (C=O) groups is 1. The van der Waals surface area contributed by atoms with Crippen molar-refractivity contribution < 1.29 is 24.1 Å². The van der Waals surface area contributed by atoms with Crippen molar-refractivity contribution >= 4 is 17.7 Å². The summed E-state index contributed by atoms with van der Waals surface area (Å²) in [5.41, 5.74) is 0.206. The van der Waals surface area contributed by atoms with E-state index in [1.54, 1.807) is 0 Å². The first-order valence-corrected chi connectivity index (χ1v) is 5.64. The lowest BCUT2D eigenvalue weighted by molar-refractivity contribution is -0.386. The highest BCUT2D eigenvalue weighted by Crippen LogP contribution is 2.29. The number of benzene rings is 1. The third-order valence-corrected chi connectivity index (χ3v) is 2.36. The molecule has 21 heavy (non-hydrogen) atoms. The quantitative estimate of drug-likeness (QED) is 0.483. The minimum Gasteiger partial charge on any atom is -0.478 e. The molecule has 9 heteroatoms. The van der Waals surface area contributed by atoms with Crippen molar-refractivity contribution in [2.75, 3.05) is 0 Å². The van der Waals surface area contributed by atoms with Gasteiger partial charge in [0.2, 0.25) is 12.2 Å². The first-order valence-electron chi connectivity index (χ1n) is 5.64. The van der Waals surface area contributed by atoms with E-state index in [0.29, 0.717) is 5.56 Å². The molecule has 2 rings (SSSR count). The van der Waals surface area contributed by atoms with Crippen molar-refractivity contribution in [1.82, 2.24) is 10.1 Å². The van der Waals surface area contributed by atoms with Gasteiger partial charge >= 0.3 is 11.7 Å². The van der Waals surface area contributed by atoms with Gasteiger partial charge in [-0.15, -0.1) is 0 Å². The fourth-order valence-electron chi connectivity index (χ4n) is 1.47. The summed E-state index contributed by atoms with van der Waals surface area (Å²) >= 11 is 0. The average Bonchev–Trinajstić information content (AvgIpc) is 2.96. The van der Waals surface area contributed by atoms with Crippen LogP contribution in [0, 0.1) is 10.1 Å². The van der Waals surface area contributed by atoms with E-state index in [1.807, 2.05) is 0 Å². The van der Waals surface area contributed by atoms with E-state index in [2.05, 4.69) is 14.7 Å². The molecular formula is C12H9N3O6. The largest absolute Gasteiger partial charge is 0.478 e. The second-order valence-corrected chi connectivity index (χ2v) is 3.79. The summed E-state index contributed by atoms with van der Waals surface area (Å²) in [6, 6.07) is 4.00. The van der Waals surface area contributed by atoms with Gasteiger partial charge in [0.25, 0.3) is 0 Å². The Labute approximate surface area is 117 Å². The molecule has 1 aromatic heterocycles. The lowest BCUT2D eigenvalue weighted by Crippen LogP contribution is -2.01. The Morgan fingerprint density at radius 3 is 2.95 bits per heavy atom. The monoisotopic (exact) mass is 291 g/mol. The van der Waals surface area contributed by atoms with Gasteiger partial charge in [0.05, 0.1) is 4.92 Å². The molecule has 2 aromatic rings. The first kappa shape index (κ1) is 14.2. The van der Waals surface area contributed by atoms with Crippen molar-refractivity contribution in [3.63, 3.8) is 0 Å². The Morgan fingerprint density at radius 1 is 1.52 bits per heavy atom. The predicted octanol–water partition coefficient (Wildman–Crippen LogP) is 1.65. The summed E-state index contributed by atoms with van der Waals surface area (Å²) in [6.07, 6.45) is 3.33. The van der Waals surface area contributed by atoms with Crippen molar-refractivity contribution in [3.8, 4) is 5.75 Å². The molecule has 0 aliphatic heterocycles. The molecule has 0 saturated heterocycles. The van der Waals surface area contributed by atoms with Crippen LogP contribution in [0.4, 0.5) is 5.69 Å². The first-order chi connectivity index (χ1) is 10.1. The molecule has 108 valence electrons. The smallest absolute Gasteiger partial charge is 0.328 e. The van der Waals surface area contributed by atoms with Gasteiger partial charge in [-0.05, 0) is 23.8 Å². The Hall–Kier alpha value is -3.23. The number of nitro groups is 1. The van der Waals surface area contributed by atoms with Crippen LogP contribution in [0.15, 0.2) is 35.2 Å². The molecular weight excluding hydrogens is 282 g/mol. The standard InChI is InChI=1S/C12H9N3O6/c16-12(17)4-2-8-1-3-9(15(18)19)10(5-8)20-6-11-13-7-21-14-11/h1-5,7H,6H2,(H,16,17). The molecule has 0 aliphatic rings. The lowest BCUT2D eigenvalue weighted by Gasteiger charge is -2.05.